The first-order valence-corrected chi connectivity index (χ1v) is 13.0. The fraction of sp³-hybridized carbons (Fsp3) is 0.333. The molecule has 1 amide bonds. The highest BCUT2D eigenvalue weighted by atomic mass is 19.1. The van der Waals surface area contributed by atoms with Gasteiger partial charge in [-0.05, 0) is 47.7 Å². The second-order valence-electron chi connectivity index (χ2n) is 10.8. The van der Waals surface area contributed by atoms with Crippen molar-refractivity contribution in [3.63, 3.8) is 0 Å². The van der Waals surface area contributed by atoms with Gasteiger partial charge in [0.15, 0.2) is 11.6 Å². The van der Waals surface area contributed by atoms with Gasteiger partial charge in [-0.25, -0.2) is 22.8 Å². The summed E-state index contributed by atoms with van der Waals surface area (Å²) >= 11 is 0. The topological polar surface area (TPSA) is 89.9 Å². The summed E-state index contributed by atoms with van der Waals surface area (Å²) in [4.78, 5) is 24.3. The second-order valence-corrected chi connectivity index (χ2v) is 10.8. The fourth-order valence-electron chi connectivity index (χ4n) is 4.59. The number of pyridine rings is 1. The first kappa shape index (κ1) is 28.9. The van der Waals surface area contributed by atoms with Gasteiger partial charge < -0.3 is 10.6 Å². The Morgan fingerprint density at radius 3 is 2.48 bits per heavy atom. The molecule has 0 aliphatic heterocycles. The summed E-state index contributed by atoms with van der Waals surface area (Å²) in [5.74, 6) is -1.27. The molecule has 7 nitrogen and oxygen atoms in total. The lowest BCUT2D eigenvalue weighted by Gasteiger charge is -2.40. The quantitative estimate of drug-likeness (QED) is 0.278. The number of aromatic nitrogens is 4. The van der Waals surface area contributed by atoms with Crippen LogP contribution in [0.5, 0.6) is 0 Å². The number of alkyl halides is 1. The number of nitrogens with zero attached hydrogens (tertiary/aromatic N) is 5. The van der Waals surface area contributed by atoms with E-state index in [1.165, 1.54) is 6.20 Å². The molecule has 2 aromatic heterocycles. The van der Waals surface area contributed by atoms with E-state index in [0.29, 0.717) is 11.4 Å². The van der Waals surface area contributed by atoms with E-state index >= 15 is 0 Å². The van der Waals surface area contributed by atoms with Gasteiger partial charge >= 0.3 is 0 Å². The van der Waals surface area contributed by atoms with Crippen molar-refractivity contribution in [3.8, 4) is 11.4 Å². The first-order valence-electron chi connectivity index (χ1n) is 13.0. The number of carbonyl (C=O) groups is 1. The van der Waals surface area contributed by atoms with Crippen LogP contribution in [0.25, 0.3) is 11.4 Å². The molecule has 0 bridgehead atoms. The predicted octanol–water partition coefficient (Wildman–Crippen LogP) is 5.58. The molecule has 4 rings (SSSR count). The monoisotopic (exact) mass is 550 g/mol. The molecule has 2 atom stereocenters. The van der Waals surface area contributed by atoms with E-state index in [9.17, 15) is 18.0 Å². The van der Waals surface area contributed by atoms with Crippen LogP contribution in [0.2, 0.25) is 0 Å². The lowest BCUT2D eigenvalue weighted by molar-refractivity contribution is 0.0469. The Hall–Kier alpha value is -4.05. The van der Waals surface area contributed by atoms with Crippen LogP contribution in [0.3, 0.4) is 0 Å². The van der Waals surface area contributed by atoms with Crippen molar-refractivity contribution in [2.24, 2.45) is 11.1 Å². The van der Waals surface area contributed by atoms with Crippen LogP contribution < -0.4 is 5.73 Å². The maximum Gasteiger partial charge on any atom is 0.256 e. The highest BCUT2D eigenvalue weighted by Gasteiger charge is 2.39. The van der Waals surface area contributed by atoms with Gasteiger partial charge in [0.1, 0.15) is 18.3 Å². The summed E-state index contributed by atoms with van der Waals surface area (Å²) < 4.78 is 43.9. The van der Waals surface area contributed by atoms with Gasteiger partial charge in [0, 0.05) is 25.0 Å². The molecule has 1 unspecified atom stereocenters. The summed E-state index contributed by atoms with van der Waals surface area (Å²) in [6.45, 7) is 5.50. The van der Waals surface area contributed by atoms with Gasteiger partial charge in [0.25, 0.3) is 5.91 Å². The molecule has 0 spiro atoms. The first-order chi connectivity index (χ1) is 19.1. The van der Waals surface area contributed by atoms with Crippen molar-refractivity contribution in [1.29, 1.82) is 0 Å². The highest BCUT2D eigenvalue weighted by molar-refractivity contribution is 5.94. The Balaban J connectivity index is 1.90. The van der Waals surface area contributed by atoms with Gasteiger partial charge in [-0.2, -0.15) is 5.10 Å². The van der Waals surface area contributed by atoms with Crippen molar-refractivity contribution in [2.75, 3.05) is 13.2 Å². The molecular formula is C30H33F3N6O. The minimum atomic E-state index is -0.760. The maximum atomic E-state index is 14.8. The second kappa shape index (κ2) is 12.4. The van der Waals surface area contributed by atoms with Crippen LogP contribution in [-0.4, -0.2) is 49.8 Å². The van der Waals surface area contributed by atoms with E-state index in [4.69, 9.17) is 10.7 Å². The number of halogens is 3. The Morgan fingerprint density at radius 2 is 1.82 bits per heavy atom. The van der Waals surface area contributed by atoms with E-state index < -0.39 is 35.8 Å². The summed E-state index contributed by atoms with van der Waals surface area (Å²) in [6, 6.07) is 14.4. The zero-order chi connectivity index (χ0) is 28.9. The van der Waals surface area contributed by atoms with Gasteiger partial charge in [-0.3, -0.25) is 9.78 Å². The average Bonchev–Trinajstić information content (AvgIpc) is 3.34. The van der Waals surface area contributed by atoms with E-state index in [1.54, 1.807) is 27.9 Å². The predicted molar refractivity (Wildman–Crippen MR) is 147 cm³/mol. The van der Waals surface area contributed by atoms with Crippen LogP contribution in [0.4, 0.5) is 13.2 Å². The summed E-state index contributed by atoms with van der Waals surface area (Å²) in [5, 5.41) is 4.60. The van der Waals surface area contributed by atoms with Gasteiger partial charge in [-0.1, -0.05) is 51.1 Å². The number of nitrogens with two attached hydrogens (primary N) is 1. The van der Waals surface area contributed by atoms with Gasteiger partial charge in [-0.15, -0.1) is 0 Å². The Kier molecular flexibility index (Phi) is 8.99. The number of amides is 1. The molecule has 0 fully saturated rings. The molecule has 0 aliphatic rings. The Morgan fingerprint density at radius 1 is 1.07 bits per heavy atom. The third-order valence-corrected chi connectivity index (χ3v) is 6.53. The van der Waals surface area contributed by atoms with E-state index in [0.717, 1.165) is 23.8 Å². The normalized spacial score (nSPS) is 13.2. The number of rotatable bonds is 10. The lowest BCUT2D eigenvalue weighted by atomic mass is 9.84. The smallest absolute Gasteiger partial charge is 0.256 e. The van der Waals surface area contributed by atoms with Crippen LogP contribution in [0.1, 0.15) is 55.0 Å². The van der Waals surface area contributed by atoms with Crippen molar-refractivity contribution in [2.45, 2.75) is 45.8 Å². The highest BCUT2D eigenvalue weighted by Crippen LogP contribution is 2.39. The fourth-order valence-corrected chi connectivity index (χ4v) is 4.59. The van der Waals surface area contributed by atoms with Crippen LogP contribution in [0.15, 0.2) is 73.1 Å². The molecular weight excluding hydrogens is 517 g/mol. The van der Waals surface area contributed by atoms with Gasteiger partial charge in [0.2, 0.25) is 0 Å². The third kappa shape index (κ3) is 6.74. The third-order valence-electron chi connectivity index (χ3n) is 6.53. The molecule has 4 aromatic rings. The summed E-state index contributed by atoms with van der Waals surface area (Å²) in [5.41, 5.74) is 6.45. The van der Waals surface area contributed by atoms with Crippen molar-refractivity contribution >= 4 is 5.91 Å². The van der Waals surface area contributed by atoms with E-state index in [1.807, 2.05) is 51.1 Å². The average molecular weight is 551 g/mol. The molecule has 10 heteroatoms. The molecule has 40 heavy (non-hydrogen) atoms. The number of benzene rings is 2. The molecule has 0 radical (unpaired) electrons. The van der Waals surface area contributed by atoms with Crippen molar-refractivity contribution < 1.29 is 18.0 Å². The van der Waals surface area contributed by atoms with Gasteiger partial charge in [0.05, 0.1) is 23.7 Å². The minimum Gasteiger partial charge on any atom is -0.328 e. The van der Waals surface area contributed by atoms with E-state index in [2.05, 4.69) is 10.1 Å². The van der Waals surface area contributed by atoms with Crippen molar-refractivity contribution in [3.05, 3.63) is 102 Å². The Labute approximate surface area is 231 Å². The lowest BCUT2D eigenvalue weighted by Crippen LogP contribution is -2.44. The molecule has 2 aromatic carbocycles. The molecule has 2 heterocycles. The standard InChI is InChI=1S/C30H33F3N6O/c1-30(2,3)26(38(15-13-23(34)17-31)29(40)21-10-7-14-35-18-21)28-36-27(24-16-22(32)11-12-25(24)33)37-39(28)19-20-8-5-4-6-9-20/h4-12,14,16,18,23,26H,13,15,17,19,34H2,1-3H3/t23?,26-/m0/s1. The zero-order valence-electron chi connectivity index (χ0n) is 22.8. The SMILES string of the molecule is CC(C)(C)[C@H](c1nc(-c2cc(F)ccc2F)nn1Cc1ccccc1)N(CCC(N)CF)C(=O)c1cccnc1. The number of hydrogen-bond donors (Lipinski definition) is 1. The Bertz CT molecular complexity index is 1420. The summed E-state index contributed by atoms with van der Waals surface area (Å²) in [6.07, 6.45) is 3.23. The zero-order valence-corrected chi connectivity index (χ0v) is 22.8. The molecule has 0 saturated carbocycles. The molecule has 0 aliphatic carbocycles. The summed E-state index contributed by atoms with van der Waals surface area (Å²) in [7, 11) is 0. The largest absolute Gasteiger partial charge is 0.328 e. The molecule has 2 N–H and O–H groups in total. The molecule has 210 valence electrons. The minimum absolute atomic E-state index is 0.00795. The number of carbonyl (C=O) groups excluding carboxylic acids is 1. The maximum absolute atomic E-state index is 14.8. The van der Waals surface area contributed by atoms with E-state index in [-0.39, 0.29) is 36.8 Å². The van der Waals surface area contributed by atoms with Crippen LogP contribution >= 0.6 is 0 Å². The van der Waals surface area contributed by atoms with Crippen LogP contribution in [-0.2, 0) is 6.54 Å². The molecule has 0 saturated heterocycles. The van der Waals surface area contributed by atoms with Crippen LogP contribution in [0, 0.1) is 17.0 Å². The number of hydrogen-bond acceptors (Lipinski definition) is 5. The van der Waals surface area contributed by atoms with Crippen molar-refractivity contribution in [1.82, 2.24) is 24.6 Å².